The smallest absolute Gasteiger partial charge is 0.189 e. The van der Waals surface area contributed by atoms with Gasteiger partial charge in [0.25, 0.3) is 0 Å². The van der Waals surface area contributed by atoms with Gasteiger partial charge in [-0.3, -0.25) is 4.68 Å². The van der Waals surface area contributed by atoms with Crippen LogP contribution in [0.5, 0.6) is 0 Å². The van der Waals surface area contributed by atoms with E-state index in [2.05, 4.69) is 48.8 Å². The molecule has 0 unspecified atom stereocenters. The predicted molar refractivity (Wildman–Crippen MR) is 128 cm³/mol. The van der Waals surface area contributed by atoms with Gasteiger partial charge in [-0.1, -0.05) is 27.3 Å². The largest absolute Gasteiger partial charge is 0.393 e. The molecule has 1 aromatic carbocycles. The molecule has 5 rings (SSSR count). The lowest BCUT2D eigenvalue weighted by atomic mass is 9.93. The van der Waals surface area contributed by atoms with Crippen LogP contribution in [0.1, 0.15) is 31.2 Å². The summed E-state index contributed by atoms with van der Waals surface area (Å²) < 4.78 is 4.05. The van der Waals surface area contributed by atoms with Crippen LogP contribution in [0.25, 0.3) is 10.2 Å². The quantitative estimate of drug-likeness (QED) is 0.340. The Balaban J connectivity index is 1.41. The molecule has 0 amide bonds. The molecule has 0 aliphatic heterocycles. The van der Waals surface area contributed by atoms with E-state index in [-0.39, 0.29) is 6.10 Å². The summed E-state index contributed by atoms with van der Waals surface area (Å²) in [6.45, 7) is 0.662. The Morgan fingerprint density at radius 3 is 2.74 bits per heavy atom. The fourth-order valence-corrected chi connectivity index (χ4v) is 5.31. The molecular formula is C22H23BrN6OS. The van der Waals surface area contributed by atoms with Gasteiger partial charge in [-0.15, -0.1) is 0 Å². The first kappa shape index (κ1) is 20.4. The van der Waals surface area contributed by atoms with E-state index in [1.807, 2.05) is 35.1 Å². The van der Waals surface area contributed by atoms with Gasteiger partial charge in [0.1, 0.15) is 11.6 Å². The molecule has 4 aromatic rings. The first-order valence-corrected chi connectivity index (χ1v) is 12.0. The zero-order valence-corrected chi connectivity index (χ0v) is 19.2. The van der Waals surface area contributed by atoms with Crippen LogP contribution in [0.2, 0.25) is 0 Å². The molecule has 3 heterocycles. The van der Waals surface area contributed by atoms with Crippen LogP contribution in [0.4, 0.5) is 16.8 Å². The third-order valence-corrected chi connectivity index (χ3v) is 6.85. The lowest BCUT2D eigenvalue weighted by molar-refractivity contribution is 0.126. The van der Waals surface area contributed by atoms with Gasteiger partial charge in [0.15, 0.2) is 5.13 Å². The molecule has 7 nitrogen and oxygen atoms in total. The average molecular weight is 499 g/mol. The summed E-state index contributed by atoms with van der Waals surface area (Å²) >= 11 is 5.12. The number of fused-ring (bicyclic) bond motifs is 1. The second-order valence-electron chi connectivity index (χ2n) is 7.86. The van der Waals surface area contributed by atoms with E-state index in [1.54, 1.807) is 17.5 Å². The molecular weight excluding hydrogens is 476 g/mol. The third-order valence-electron chi connectivity index (χ3n) is 5.42. The number of halogens is 1. The van der Waals surface area contributed by atoms with E-state index in [4.69, 9.17) is 4.98 Å². The Labute approximate surface area is 192 Å². The van der Waals surface area contributed by atoms with Crippen molar-refractivity contribution >= 4 is 54.3 Å². The first-order valence-electron chi connectivity index (χ1n) is 10.4. The minimum Gasteiger partial charge on any atom is -0.393 e. The van der Waals surface area contributed by atoms with Crippen molar-refractivity contribution in [3.63, 3.8) is 0 Å². The van der Waals surface area contributed by atoms with Crippen molar-refractivity contribution in [1.82, 2.24) is 19.7 Å². The van der Waals surface area contributed by atoms with Crippen LogP contribution in [0.15, 0.2) is 53.3 Å². The molecule has 0 radical (unpaired) electrons. The molecule has 1 saturated carbocycles. The molecule has 0 atom stereocenters. The highest BCUT2D eigenvalue weighted by molar-refractivity contribution is 9.10. The van der Waals surface area contributed by atoms with Crippen LogP contribution in [-0.2, 0) is 6.54 Å². The van der Waals surface area contributed by atoms with Gasteiger partial charge in [-0.2, -0.15) is 5.10 Å². The number of aliphatic hydroxyl groups excluding tert-OH is 1. The Morgan fingerprint density at radius 2 is 1.94 bits per heavy atom. The summed E-state index contributed by atoms with van der Waals surface area (Å²) in [7, 11) is 0. The van der Waals surface area contributed by atoms with Gasteiger partial charge in [0.05, 0.1) is 22.9 Å². The van der Waals surface area contributed by atoms with Crippen molar-refractivity contribution in [1.29, 1.82) is 0 Å². The van der Waals surface area contributed by atoms with E-state index in [0.29, 0.717) is 12.6 Å². The normalized spacial score (nSPS) is 18.9. The average Bonchev–Trinajstić information content (AvgIpc) is 3.38. The predicted octanol–water partition coefficient (Wildman–Crippen LogP) is 5.16. The van der Waals surface area contributed by atoms with E-state index in [0.717, 1.165) is 62.7 Å². The number of nitrogens with one attached hydrogen (secondary N) is 2. The van der Waals surface area contributed by atoms with Crippen molar-refractivity contribution in [2.45, 2.75) is 44.4 Å². The van der Waals surface area contributed by atoms with Gasteiger partial charge in [0, 0.05) is 22.9 Å². The van der Waals surface area contributed by atoms with Crippen LogP contribution in [0.3, 0.4) is 0 Å². The minimum atomic E-state index is -0.173. The number of thiazole rings is 1. The highest BCUT2D eigenvalue weighted by Gasteiger charge is 2.20. The number of benzene rings is 1. The van der Waals surface area contributed by atoms with Crippen LogP contribution < -0.4 is 10.6 Å². The molecule has 3 N–H and O–H groups in total. The van der Waals surface area contributed by atoms with Crippen molar-refractivity contribution in [2.24, 2.45) is 0 Å². The van der Waals surface area contributed by atoms with Crippen molar-refractivity contribution in [3.8, 4) is 0 Å². The van der Waals surface area contributed by atoms with Gasteiger partial charge in [-0.25, -0.2) is 9.97 Å². The number of hydrogen-bond donors (Lipinski definition) is 3. The molecule has 0 bridgehead atoms. The lowest BCUT2D eigenvalue weighted by Crippen LogP contribution is -2.28. The maximum atomic E-state index is 9.79. The standard InChI is InChI=1S/C22H23BrN6OS/c23-15-2-7-18-19(12-15)31-22(26-18)28-21-11-14(13-29-9-1-8-24-29)10-20(27-21)25-16-3-5-17(30)6-4-16/h1-2,7-12,16-17,30H,3-6,13H2,(H2,25,26,27,28). The van der Waals surface area contributed by atoms with Crippen molar-refractivity contribution in [3.05, 3.63) is 58.8 Å². The zero-order valence-electron chi connectivity index (χ0n) is 16.8. The van der Waals surface area contributed by atoms with Crippen LogP contribution in [-0.4, -0.2) is 37.0 Å². The Morgan fingerprint density at radius 1 is 1.10 bits per heavy atom. The molecule has 1 aliphatic rings. The Bertz CT molecular complexity index is 1170. The van der Waals surface area contributed by atoms with Crippen molar-refractivity contribution in [2.75, 3.05) is 10.6 Å². The lowest BCUT2D eigenvalue weighted by Gasteiger charge is -2.27. The highest BCUT2D eigenvalue weighted by Crippen LogP contribution is 2.31. The number of hydrogen-bond acceptors (Lipinski definition) is 7. The number of nitrogens with zero attached hydrogens (tertiary/aromatic N) is 4. The highest BCUT2D eigenvalue weighted by atomic mass is 79.9. The molecule has 1 aliphatic carbocycles. The maximum absolute atomic E-state index is 9.79. The van der Waals surface area contributed by atoms with Crippen molar-refractivity contribution < 1.29 is 5.11 Å². The zero-order chi connectivity index (χ0) is 21.2. The molecule has 160 valence electrons. The third kappa shape index (κ3) is 5.06. The Kier molecular flexibility index (Phi) is 5.89. The fourth-order valence-electron chi connectivity index (χ4n) is 3.89. The summed E-state index contributed by atoms with van der Waals surface area (Å²) in [5.74, 6) is 1.58. The second kappa shape index (κ2) is 8.94. The topological polar surface area (TPSA) is 87.9 Å². The number of anilines is 3. The summed E-state index contributed by atoms with van der Waals surface area (Å²) in [4.78, 5) is 9.49. The fraction of sp³-hybridized carbons (Fsp3) is 0.318. The van der Waals surface area contributed by atoms with Gasteiger partial charge < -0.3 is 15.7 Å². The summed E-state index contributed by atoms with van der Waals surface area (Å²) in [6, 6.07) is 12.4. The van der Waals surface area contributed by atoms with Crippen LogP contribution in [0, 0.1) is 0 Å². The molecule has 3 aromatic heterocycles. The SMILES string of the molecule is OC1CCC(Nc2cc(Cn3cccn3)cc(Nc3nc4ccc(Br)cc4s3)n2)CC1. The Hall–Kier alpha value is -2.49. The summed E-state index contributed by atoms with van der Waals surface area (Å²) in [5.41, 5.74) is 2.06. The van der Waals surface area contributed by atoms with Gasteiger partial charge >= 0.3 is 0 Å². The molecule has 0 spiro atoms. The number of rotatable bonds is 6. The summed E-state index contributed by atoms with van der Waals surface area (Å²) in [6.07, 6.45) is 7.12. The van der Waals surface area contributed by atoms with Gasteiger partial charge in [-0.05, 0) is 67.6 Å². The number of aliphatic hydroxyl groups is 1. The molecule has 0 saturated heterocycles. The number of pyridine rings is 1. The van der Waals surface area contributed by atoms with E-state index in [9.17, 15) is 5.11 Å². The van der Waals surface area contributed by atoms with E-state index in [1.165, 1.54) is 0 Å². The van der Waals surface area contributed by atoms with Crippen LogP contribution >= 0.6 is 27.3 Å². The molecule has 31 heavy (non-hydrogen) atoms. The summed E-state index contributed by atoms with van der Waals surface area (Å²) in [5, 5.41) is 21.9. The minimum absolute atomic E-state index is 0.173. The first-order chi connectivity index (χ1) is 15.1. The van der Waals surface area contributed by atoms with E-state index < -0.39 is 0 Å². The van der Waals surface area contributed by atoms with E-state index >= 15 is 0 Å². The molecule has 1 fully saturated rings. The maximum Gasteiger partial charge on any atom is 0.189 e. The number of aromatic nitrogens is 4. The monoisotopic (exact) mass is 498 g/mol. The molecule has 9 heteroatoms. The second-order valence-corrected chi connectivity index (χ2v) is 9.80. The van der Waals surface area contributed by atoms with Gasteiger partial charge in [0.2, 0.25) is 0 Å².